The highest BCUT2D eigenvalue weighted by Gasteiger charge is 2.15. The maximum atomic E-state index is 13.3. The topological polar surface area (TPSA) is 74.4 Å². The number of phenolic OH excluding ortho intramolecular Hbond substituents is 1. The first-order valence-electron chi connectivity index (χ1n) is 6.97. The van der Waals surface area contributed by atoms with E-state index >= 15 is 0 Å². The zero-order chi connectivity index (χ0) is 14.7. The Hall–Kier alpha value is -1.99. The van der Waals surface area contributed by atoms with E-state index in [-0.39, 0.29) is 5.75 Å². The van der Waals surface area contributed by atoms with Gasteiger partial charge in [0.15, 0.2) is 11.6 Å². The second-order valence-corrected chi connectivity index (χ2v) is 5.06. The van der Waals surface area contributed by atoms with Crippen LogP contribution in [0, 0.1) is 5.82 Å². The van der Waals surface area contributed by atoms with Crippen molar-refractivity contribution in [3.63, 3.8) is 0 Å². The fourth-order valence-corrected chi connectivity index (χ4v) is 2.33. The second kappa shape index (κ2) is 6.19. The molecule has 0 bridgehead atoms. The van der Waals surface area contributed by atoms with Crippen LogP contribution in [0.2, 0.25) is 0 Å². The summed E-state index contributed by atoms with van der Waals surface area (Å²) in [7, 11) is 0. The normalized spacial score (nSPS) is 16.8. The van der Waals surface area contributed by atoms with Crippen LogP contribution in [0.5, 0.6) is 5.75 Å². The number of hydrogen-bond acceptors (Lipinski definition) is 6. The molecule has 2 N–H and O–H groups in total. The molecule has 1 saturated heterocycles. The van der Waals surface area contributed by atoms with Crippen molar-refractivity contribution in [2.75, 3.05) is 26.2 Å². The molecule has 3 rings (SSSR count). The maximum Gasteiger partial charge on any atom is 0.241 e. The molecule has 21 heavy (non-hydrogen) atoms. The summed E-state index contributed by atoms with van der Waals surface area (Å²) < 4.78 is 18.6. The standard InChI is InChI=1S/C14H17FN4O2/c15-11-8-10(2-3-12(11)20)14-17-13(21-18-14)9-19-6-1-4-16-5-7-19/h2-3,8,16,20H,1,4-7,9H2. The lowest BCUT2D eigenvalue weighted by Gasteiger charge is -2.16. The number of aromatic hydroxyl groups is 1. The predicted molar refractivity (Wildman–Crippen MR) is 74.1 cm³/mol. The summed E-state index contributed by atoms with van der Waals surface area (Å²) in [5.41, 5.74) is 0.484. The van der Waals surface area contributed by atoms with Crippen LogP contribution >= 0.6 is 0 Å². The number of halogens is 1. The monoisotopic (exact) mass is 292 g/mol. The molecule has 0 spiro atoms. The smallest absolute Gasteiger partial charge is 0.241 e. The summed E-state index contributed by atoms with van der Waals surface area (Å²) in [6, 6.07) is 4.03. The number of phenols is 1. The number of aromatic nitrogens is 2. The van der Waals surface area contributed by atoms with Crippen LogP contribution < -0.4 is 5.32 Å². The lowest BCUT2D eigenvalue weighted by atomic mass is 10.2. The second-order valence-electron chi connectivity index (χ2n) is 5.06. The van der Waals surface area contributed by atoms with Crippen molar-refractivity contribution in [3.05, 3.63) is 29.9 Å². The molecule has 0 radical (unpaired) electrons. The van der Waals surface area contributed by atoms with Gasteiger partial charge in [-0.1, -0.05) is 5.16 Å². The third kappa shape index (κ3) is 3.37. The average Bonchev–Trinajstić information content (AvgIpc) is 2.78. The highest BCUT2D eigenvalue weighted by Crippen LogP contribution is 2.22. The Labute approximate surface area is 121 Å². The molecule has 2 aromatic rings. The van der Waals surface area contributed by atoms with Gasteiger partial charge >= 0.3 is 0 Å². The SMILES string of the molecule is Oc1ccc(-c2noc(CN3CCCNCC3)n2)cc1F. The van der Waals surface area contributed by atoms with E-state index in [2.05, 4.69) is 20.4 Å². The van der Waals surface area contributed by atoms with Gasteiger partial charge in [-0.25, -0.2) is 4.39 Å². The number of hydrogen-bond donors (Lipinski definition) is 2. The van der Waals surface area contributed by atoms with Crippen molar-refractivity contribution in [3.8, 4) is 17.1 Å². The maximum absolute atomic E-state index is 13.3. The van der Waals surface area contributed by atoms with Gasteiger partial charge in [0.25, 0.3) is 0 Å². The number of rotatable bonds is 3. The fraction of sp³-hybridized carbons (Fsp3) is 0.429. The fourth-order valence-electron chi connectivity index (χ4n) is 2.33. The molecule has 1 fully saturated rings. The lowest BCUT2D eigenvalue weighted by molar-refractivity contribution is 0.239. The van der Waals surface area contributed by atoms with Crippen LogP contribution in [0.25, 0.3) is 11.4 Å². The molecule has 112 valence electrons. The molecular weight excluding hydrogens is 275 g/mol. The van der Waals surface area contributed by atoms with Crippen molar-refractivity contribution in [2.45, 2.75) is 13.0 Å². The summed E-state index contributed by atoms with van der Waals surface area (Å²) >= 11 is 0. The van der Waals surface area contributed by atoms with Gasteiger partial charge in [-0.15, -0.1) is 0 Å². The molecule has 0 atom stereocenters. The molecule has 1 aliphatic rings. The average molecular weight is 292 g/mol. The van der Waals surface area contributed by atoms with Crippen molar-refractivity contribution < 1.29 is 14.0 Å². The van der Waals surface area contributed by atoms with E-state index in [1.165, 1.54) is 12.1 Å². The first kappa shape index (κ1) is 14.0. The minimum Gasteiger partial charge on any atom is -0.505 e. The Morgan fingerprint density at radius 3 is 3.10 bits per heavy atom. The molecule has 6 nitrogen and oxygen atoms in total. The van der Waals surface area contributed by atoms with Gasteiger partial charge in [-0.2, -0.15) is 4.98 Å². The third-order valence-electron chi connectivity index (χ3n) is 3.47. The number of benzene rings is 1. The summed E-state index contributed by atoms with van der Waals surface area (Å²) in [6.45, 7) is 4.49. The summed E-state index contributed by atoms with van der Waals surface area (Å²) in [5.74, 6) is -0.241. The third-order valence-corrected chi connectivity index (χ3v) is 3.47. The molecule has 2 heterocycles. The Morgan fingerprint density at radius 2 is 2.24 bits per heavy atom. The van der Waals surface area contributed by atoms with Crippen molar-refractivity contribution >= 4 is 0 Å². The quantitative estimate of drug-likeness (QED) is 0.890. The van der Waals surface area contributed by atoms with Gasteiger partial charge in [-0.05, 0) is 37.7 Å². The lowest BCUT2D eigenvalue weighted by Crippen LogP contribution is -2.27. The Kier molecular flexibility index (Phi) is 4.12. The molecule has 1 aromatic heterocycles. The molecule has 1 aromatic carbocycles. The van der Waals surface area contributed by atoms with E-state index < -0.39 is 5.82 Å². The Morgan fingerprint density at radius 1 is 1.33 bits per heavy atom. The predicted octanol–water partition coefficient (Wildman–Crippen LogP) is 1.38. The first-order valence-corrected chi connectivity index (χ1v) is 6.97. The Bertz CT molecular complexity index is 609. The number of nitrogens with one attached hydrogen (secondary N) is 1. The van der Waals surface area contributed by atoms with E-state index in [9.17, 15) is 9.50 Å². The van der Waals surface area contributed by atoms with E-state index in [0.29, 0.717) is 23.8 Å². The van der Waals surface area contributed by atoms with Crippen LogP contribution in [0.4, 0.5) is 4.39 Å². The summed E-state index contributed by atoms with van der Waals surface area (Å²) in [4.78, 5) is 6.53. The van der Waals surface area contributed by atoms with Crippen molar-refractivity contribution in [1.29, 1.82) is 0 Å². The zero-order valence-electron chi connectivity index (χ0n) is 11.5. The number of nitrogens with zero attached hydrogens (tertiary/aromatic N) is 3. The summed E-state index contributed by atoms with van der Waals surface area (Å²) in [6.07, 6.45) is 1.09. The molecule has 0 aliphatic carbocycles. The van der Waals surface area contributed by atoms with Crippen LogP contribution in [0.15, 0.2) is 22.7 Å². The van der Waals surface area contributed by atoms with E-state index in [0.717, 1.165) is 32.6 Å². The van der Waals surface area contributed by atoms with Crippen LogP contribution in [-0.4, -0.2) is 46.3 Å². The van der Waals surface area contributed by atoms with E-state index in [4.69, 9.17) is 4.52 Å². The largest absolute Gasteiger partial charge is 0.505 e. The van der Waals surface area contributed by atoms with Gasteiger partial charge < -0.3 is 14.9 Å². The molecule has 0 amide bonds. The molecular formula is C14H17FN4O2. The molecule has 0 saturated carbocycles. The molecule has 7 heteroatoms. The van der Waals surface area contributed by atoms with Gasteiger partial charge in [0, 0.05) is 18.7 Å². The zero-order valence-corrected chi connectivity index (χ0v) is 11.5. The molecule has 1 aliphatic heterocycles. The summed E-state index contributed by atoms with van der Waals surface area (Å²) in [5, 5.41) is 16.4. The van der Waals surface area contributed by atoms with Crippen LogP contribution in [0.1, 0.15) is 12.3 Å². The van der Waals surface area contributed by atoms with E-state index in [1.807, 2.05) is 0 Å². The minimum atomic E-state index is -0.697. The highest BCUT2D eigenvalue weighted by molar-refractivity contribution is 5.55. The van der Waals surface area contributed by atoms with Crippen molar-refractivity contribution in [1.82, 2.24) is 20.4 Å². The minimum absolute atomic E-state index is 0.330. The van der Waals surface area contributed by atoms with E-state index in [1.54, 1.807) is 6.07 Å². The Balaban J connectivity index is 1.71. The van der Waals surface area contributed by atoms with Gasteiger partial charge in [0.2, 0.25) is 11.7 Å². The molecule has 0 unspecified atom stereocenters. The van der Waals surface area contributed by atoms with Crippen LogP contribution in [-0.2, 0) is 6.54 Å². The van der Waals surface area contributed by atoms with Gasteiger partial charge in [0.05, 0.1) is 6.54 Å². The van der Waals surface area contributed by atoms with Gasteiger partial charge in [0.1, 0.15) is 0 Å². The van der Waals surface area contributed by atoms with Gasteiger partial charge in [-0.3, -0.25) is 4.90 Å². The highest BCUT2D eigenvalue weighted by atomic mass is 19.1. The van der Waals surface area contributed by atoms with Crippen LogP contribution in [0.3, 0.4) is 0 Å². The first-order chi connectivity index (χ1) is 10.2. The van der Waals surface area contributed by atoms with Crippen molar-refractivity contribution in [2.24, 2.45) is 0 Å².